The number of aromatic carboxylic acids is 1. The van der Waals surface area contributed by atoms with Crippen molar-refractivity contribution < 1.29 is 9.90 Å². The first-order chi connectivity index (χ1) is 10.6. The van der Waals surface area contributed by atoms with Crippen molar-refractivity contribution in [1.29, 1.82) is 0 Å². The molecule has 0 aliphatic rings. The van der Waals surface area contributed by atoms with Gasteiger partial charge in [0.2, 0.25) is 0 Å². The van der Waals surface area contributed by atoms with E-state index < -0.39 is 5.97 Å². The van der Waals surface area contributed by atoms with E-state index in [0.717, 1.165) is 22.6 Å². The summed E-state index contributed by atoms with van der Waals surface area (Å²) in [7, 11) is 0. The number of aromatic nitrogens is 3. The number of carboxylic acids is 1. The third-order valence-corrected chi connectivity index (χ3v) is 4.05. The molecule has 5 nitrogen and oxygen atoms in total. The maximum absolute atomic E-state index is 10.8. The third kappa shape index (κ3) is 3.24. The largest absolute Gasteiger partial charge is 0.477 e. The quantitative estimate of drug-likeness (QED) is 0.788. The zero-order chi connectivity index (χ0) is 15.5. The van der Waals surface area contributed by atoms with Crippen molar-refractivity contribution in [2.45, 2.75) is 0 Å². The maximum Gasteiger partial charge on any atom is 0.347 e. The third-order valence-electron chi connectivity index (χ3n) is 2.85. The van der Waals surface area contributed by atoms with Gasteiger partial charge < -0.3 is 5.11 Å². The van der Waals surface area contributed by atoms with Crippen LogP contribution < -0.4 is 0 Å². The van der Waals surface area contributed by atoms with Crippen LogP contribution in [-0.2, 0) is 0 Å². The SMILES string of the molecule is O=C(O)c1cnc(C=Cc2cnn(-c3ccc(Cl)cc3)c2)s1. The van der Waals surface area contributed by atoms with E-state index >= 15 is 0 Å². The summed E-state index contributed by atoms with van der Waals surface area (Å²) in [5.41, 5.74) is 1.80. The normalized spacial score (nSPS) is 11.1. The Morgan fingerprint density at radius 3 is 2.68 bits per heavy atom. The second-order valence-corrected chi connectivity index (χ2v) is 5.89. The van der Waals surface area contributed by atoms with Gasteiger partial charge in [0.25, 0.3) is 0 Å². The van der Waals surface area contributed by atoms with Gasteiger partial charge in [-0.05, 0) is 36.4 Å². The average Bonchev–Trinajstić information content (AvgIpc) is 3.15. The molecule has 0 aliphatic heterocycles. The number of halogens is 1. The Balaban J connectivity index is 1.77. The monoisotopic (exact) mass is 331 g/mol. The summed E-state index contributed by atoms with van der Waals surface area (Å²) < 4.78 is 1.74. The summed E-state index contributed by atoms with van der Waals surface area (Å²) in [5.74, 6) is -0.965. The summed E-state index contributed by atoms with van der Waals surface area (Å²) in [6.45, 7) is 0. The highest BCUT2D eigenvalue weighted by Crippen LogP contribution is 2.17. The van der Waals surface area contributed by atoms with Gasteiger partial charge in [-0.25, -0.2) is 14.5 Å². The first-order valence-electron chi connectivity index (χ1n) is 6.29. The van der Waals surface area contributed by atoms with Gasteiger partial charge in [0.05, 0.1) is 18.1 Å². The zero-order valence-corrected chi connectivity index (χ0v) is 12.8. The van der Waals surface area contributed by atoms with Gasteiger partial charge >= 0.3 is 5.97 Å². The molecule has 110 valence electrons. The lowest BCUT2D eigenvalue weighted by molar-refractivity contribution is 0.0702. The summed E-state index contributed by atoms with van der Waals surface area (Å²) in [6.07, 6.45) is 8.54. The number of benzene rings is 1. The molecule has 1 aromatic carbocycles. The van der Waals surface area contributed by atoms with Crippen LogP contribution in [0.1, 0.15) is 20.2 Å². The topological polar surface area (TPSA) is 68.0 Å². The molecule has 1 N–H and O–H groups in total. The van der Waals surface area contributed by atoms with Crippen LogP contribution in [0.5, 0.6) is 0 Å². The molecule has 0 fully saturated rings. The van der Waals surface area contributed by atoms with Crippen LogP contribution in [0.2, 0.25) is 5.02 Å². The molecule has 22 heavy (non-hydrogen) atoms. The number of rotatable bonds is 4. The molecule has 0 atom stereocenters. The van der Waals surface area contributed by atoms with Crippen LogP contribution in [0.15, 0.2) is 42.9 Å². The van der Waals surface area contributed by atoms with E-state index in [9.17, 15) is 4.79 Å². The van der Waals surface area contributed by atoms with Crippen LogP contribution in [0.25, 0.3) is 17.8 Å². The van der Waals surface area contributed by atoms with Gasteiger partial charge in [-0.2, -0.15) is 5.10 Å². The molecule has 2 aromatic heterocycles. The van der Waals surface area contributed by atoms with Crippen molar-refractivity contribution in [2.75, 3.05) is 0 Å². The van der Waals surface area contributed by atoms with Crippen molar-refractivity contribution in [3.05, 3.63) is 63.3 Å². The predicted molar refractivity (Wildman–Crippen MR) is 86.6 cm³/mol. The predicted octanol–water partition coefficient (Wildman–Crippen LogP) is 3.85. The molecule has 0 saturated heterocycles. The van der Waals surface area contributed by atoms with Gasteiger partial charge in [-0.1, -0.05) is 11.6 Å². The number of hydrogen-bond donors (Lipinski definition) is 1. The minimum absolute atomic E-state index is 0.219. The molecule has 3 aromatic rings. The highest BCUT2D eigenvalue weighted by molar-refractivity contribution is 7.14. The summed E-state index contributed by atoms with van der Waals surface area (Å²) >= 11 is 6.98. The summed E-state index contributed by atoms with van der Waals surface area (Å²) in [6, 6.07) is 7.36. The molecule has 0 unspecified atom stereocenters. The van der Waals surface area contributed by atoms with Crippen LogP contribution in [0.4, 0.5) is 0 Å². The fourth-order valence-corrected chi connectivity index (χ4v) is 2.57. The van der Waals surface area contributed by atoms with Gasteiger partial charge in [0, 0.05) is 16.8 Å². The van der Waals surface area contributed by atoms with Crippen LogP contribution in [-0.4, -0.2) is 25.8 Å². The Labute approximate surface area is 135 Å². The van der Waals surface area contributed by atoms with E-state index in [1.807, 2.05) is 24.4 Å². The van der Waals surface area contributed by atoms with E-state index in [2.05, 4.69) is 10.1 Å². The van der Waals surface area contributed by atoms with Crippen molar-refractivity contribution in [3.8, 4) is 5.69 Å². The number of carbonyl (C=O) groups is 1. The Kier molecular flexibility index (Phi) is 4.04. The molecule has 2 heterocycles. The lowest BCUT2D eigenvalue weighted by Crippen LogP contribution is -1.92. The standard InChI is InChI=1S/C15H10ClN3O2S/c16-11-2-4-12(5-3-11)19-9-10(7-18-19)1-6-14-17-8-13(22-14)15(20)21/h1-9H,(H,20,21). The smallest absolute Gasteiger partial charge is 0.347 e. The van der Waals surface area contributed by atoms with Gasteiger partial charge in [-0.15, -0.1) is 11.3 Å². The molecule has 0 radical (unpaired) electrons. The lowest BCUT2D eigenvalue weighted by Gasteiger charge is -1.99. The Bertz CT molecular complexity index is 837. The number of hydrogen-bond acceptors (Lipinski definition) is 4. The van der Waals surface area contributed by atoms with E-state index in [4.69, 9.17) is 16.7 Å². The minimum Gasteiger partial charge on any atom is -0.477 e. The molecule has 0 amide bonds. The second kappa shape index (κ2) is 6.13. The Hall–Kier alpha value is -2.44. The van der Waals surface area contributed by atoms with Crippen LogP contribution in [0.3, 0.4) is 0 Å². The van der Waals surface area contributed by atoms with Gasteiger partial charge in [0.15, 0.2) is 0 Å². The van der Waals surface area contributed by atoms with Crippen molar-refractivity contribution in [1.82, 2.24) is 14.8 Å². The molecular formula is C15H10ClN3O2S. The van der Waals surface area contributed by atoms with E-state index in [1.165, 1.54) is 6.20 Å². The van der Waals surface area contributed by atoms with Crippen molar-refractivity contribution in [2.24, 2.45) is 0 Å². The Morgan fingerprint density at radius 1 is 1.23 bits per heavy atom. The van der Waals surface area contributed by atoms with E-state index in [1.54, 1.807) is 29.1 Å². The fraction of sp³-hybridized carbons (Fsp3) is 0. The minimum atomic E-state index is -0.965. The molecule has 3 rings (SSSR count). The zero-order valence-electron chi connectivity index (χ0n) is 11.2. The second-order valence-electron chi connectivity index (χ2n) is 4.40. The average molecular weight is 332 g/mol. The number of carboxylic acid groups (broad SMARTS) is 1. The lowest BCUT2D eigenvalue weighted by atomic mass is 10.3. The summed E-state index contributed by atoms with van der Waals surface area (Å²) in [5, 5.41) is 14.4. The van der Waals surface area contributed by atoms with Crippen molar-refractivity contribution in [3.63, 3.8) is 0 Å². The molecule has 7 heteroatoms. The molecular weight excluding hydrogens is 322 g/mol. The van der Waals surface area contributed by atoms with Gasteiger partial charge in [-0.3, -0.25) is 0 Å². The summed E-state index contributed by atoms with van der Waals surface area (Å²) in [4.78, 5) is 15.1. The maximum atomic E-state index is 10.8. The number of nitrogens with zero attached hydrogens (tertiary/aromatic N) is 3. The first kappa shape index (κ1) is 14.5. The highest BCUT2D eigenvalue weighted by Gasteiger charge is 2.06. The molecule has 0 spiro atoms. The first-order valence-corrected chi connectivity index (χ1v) is 7.49. The van der Waals surface area contributed by atoms with Gasteiger partial charge in [0.1, 0.15) is 9.88 Å². The van der Waals surface area contributed by atoms with E-state index in [0.29, 0.717) is 10.0 Å². The number of thiazole rings is 1. The highest BCUT2D eigenvalue weighted by atomic mass is 35.5. The van der Waals surface area contributed by atoms with Crippen LogP contribution in [0, 0.1) is 0 Å². The molecule has 0 saturated carbocycles. The molecule has 0 bridgehead atoms. The van der Waals surface area contributed by atoms with Crippen molar-refractivity contribution >= 4 is 41.1 Å². The Morgan fingerprint density at radius 2 is 2.00 bits per heavy atom. The fourth-order valence-electron chi connectivity index (χ4n) is 1.79. The molecule has 0 aliphatic carbocycles. The van der Waals surface area contributed by atoms with Crippen LogP contribution >= 0.6 is 22.9 Å². The van der Waals surface area contributed by atoms with E-state index in [-0.39, 0.29) is 4.88 Å².